The van der Waals surface area contributed by atoms with Gasteiger partial charge in [-0.25, -0.2) is 0 Å². The van der Waals surface area contributed by atoms with Gasteiger partial charge in [-0.05, 0) is 11.6 Å². The van der Waals surface area contributed by atoms with Crippen LogP contribution < -0.4 is 10.6 Å². The molecule has 1 aliphatic heterocycles. The lowest BCUT2D eigenvalue weighted by Crippen LogP contribution is -2.10. The first-order chi connectivity index (χ1) is 8.43. The maximum atomic E-state index is 3.51. The van der Waals surface area contributed by atoms with E-state index >= 15 is 0 Å². The SMILES string of the molecule is c1ccc(-c2ccccc2NCC2CN2)cc1. The molecule has 0 spiro atoms. The zero-order chi connectivity index (χ0) is 11.5. The molecule has 86 valence electrons. The second kappa shape index (κ2) is 4.60. The molecule has 3 rings (SSSR count). The van der Waals surface area contributed by atoms with Crippen molar-refractivity contribution in [3.05, 3.63) is 54.6 Å². The van der Waals surface area contributed by atoms with E-state index < -0.39 is 0 Å². The van der Waals surface area contributed by atoms with Crippen molar-refractivity contribution in [2.24, 2.45) is 0 Å². The Morgan fingerprint density at radius 2 is 1.71 bits per heavy atom. The Morgan fingerprint density at radius 3 is 2.47 bits per heavy atom. The summed E-state index contributed by atoms with van der Waals surface area (Å²) in [5.74, 6) is 0. The molecule has 0 aromatic heterocycles. The van der Waals surface area contributed by atoms with Crippen LogP contribution in [0.2, 0.25) is 0 Å². The predicted molar refractivity (Wildman–Crippen MR) is 72.2 cm³/mol. The monoisotopic (exact) mass is 224 g/mol. The molecule has 1 heterocycles. The standard InChI is InChI=1S/C15H16N2/c1-2-6-12(7-3-1)14-8-4-5-9-15(14)17-11-13-10-16-13/h1-9,13,16-17H,10-11H2. The van der Waals surface area contributed by atoms with E-state index in [9.17, 15) is 0 Å². The molecule has 0 amide bonds. The van der Waals surface area contributed by atoms with Crippen molar-refractivity contribution in [2.75, 3.05) is 18.4 Å². The van der Waals surface area contributed by atoms with Gasteiger partial charge in [-0.3, -0.25) is 0 Å². The van der Waals surface area contributed by atoms with Crippen molar-refractivity contribution >= 4 is 5.69 Å². The van der Waals surface area contributed by atoms with E-state index in [0.717, 1.165) is 13.1 Å². The van der Waals surface area contributed by atoms with Gasteiger partial charge < -0.3 is 10.6 Å². The lowest BCUT2D eigenvalue weighted by atomic mass is 10.0. The lowest BCUT2D eigenvalue weighted by molar-refractivity contribution is 0.987. The number of benzene rings is 2. The summed E-state index contributed by atoms with van der Waals surface area (Å²) < 4.78 is 0. The molecule has 1 unspecified atom stereocenters. The Bertz CT molecular complexity index is 489. The first kappa shape index (κ1) is 10.4. The minimum atomic E-state index is 0.652. The van der Waals surface area contributed by atoms with E-state index in [1.54, 1.807) is 0 Å². The molecular weight excluding hydrogens is 208 g/mol. The highest BCUT2D eigenvalue weighted by atomic mass is 15.1. The molecule has 17 heavy (non-hydrogen) atoms. The number of hydrogen-bond acceptors (Lipinski definition) is 2. The number of rotatable bonds is 4. The van der Waals surface area contributed by atoms with E-state index in [4.69, 9.17) is 0 Å². The zero-order valence-corrected chi connectivity index (χ0v) is 9.69. The highest BCUT2D eigenvalue weighted by Gasteiger charge is 2.19. The van der Waals surface area contributed by atoms with Gasteiger partial charge in [0.25, 0.3) is 0 Å². The molecule has 1 saturated heterocycles. The van der Waals surface area contributed by atoms with E-state index in [1.807, 2.05) is 6.07 Å². The summed E-state index contributed by atoms with van der Waals surface area (Å²) in [5, 5.41) is 6.81. The third-order valence-corrected chi connectivity index (χ3v) is 3.04. The predicted octanol–water partition coefficient (Wildman–Crippen LogP) is 2.74. The highest BCUT2D eigenvalue weighted by molar-refractivity contribution is 5.77. The largest absolute Gasteiger partial charge is 0.383 e. The van der Waals surface area contributed by atoms with Gasteiger partial charge >= 0.3 is 0 Å². The van der Waals surface area contributed by atoms with E-state index in [1.165, 1.54) is 16.8 Å². The van der Waals surface area contributed by atoms with Gasteiger partial charge in [-0.15, -0.1) is 0 Å². The van der Waals surface area contributed by atoms with Crippen molar-refractivity contribution in [1.29, 1.82) is 0 Å². The summed E-state index contributed by atoms with van der Waals surface area (Å²) >= 11 is 0. The van der Waals surface area contributed by atoms with Crippen molar-refractivity contribution in [1.82, 2.24) is 5.32 Å². The maximum absolute atomic E-state index is 3.51. The minimum Gasteiger partial charge on any atom is -0.383 e. The third kappa shape index (κ3) is 2.48. The average molecular weight is 224 g/mol. The molecular formula is C15H16N2. The van der Waals surface area contributed by atoms with Crippen LogP contribution >= 0.6 is 0 Å². The number of para-hydroxylation sites is 1. The van der Waals surface area contributed by atoms with Crippen LogP contribution in [0, 0.1) is 0 Å². The third-order valence-electron chi connectivity index (χ3n) is 3.04. The van der Waals surface area contributed by atoms with Gasteiger partial charge in [0.2, 0.25) is 0 Å². The second-order valence-electron chi connectivity index (χ2n) is 4.40. The lowest BCUT2D eigenvalue weighted by Gasteiger charge is -2.11. The maximum Gasteiger partial charge on any atom is 0.0420 e. The Labute approximate surface area is 102 Å². The molecule has 0 aliphatic carbocycles. The van der Waals surface area contributed by atoms with Gasteiger partial charge in [0.05, 0.1) is 0 Å². The smallest absolute Gasteiger partial charge is 0.0420 e. The van der Waals surface area contributed by atoms with Gasteiger partial charge in [-0.1, -0.05) is 48.5 Å². The Morgan fingerprint density at radius 1 is 1.00 bits per heavy atom. The van der Waals surface area contributed by atoms with E-state index in [-0.39, 0.29) is 0 Å². The van der Waals surface area contributed by atoms with Gasteiger partial charge in [0.1, 0.15) is 0 Å². The molecule has 1 atom stereocenters. The molecule has 2 nitrogen and oxygen atoms in total. The van der Waals surface area contributed by atoms with Crippen LogP contribution in [0.5, 0.6) is 0 Å². The quantitative estimate of drug-likeness (QED) is 0.783. The van der Waals surface area contributed by atoms with Crippen LogP contribution in [-0.2, 0) is 0 Å². The molecule has 2 aromatic rings. The van der Waals surface area contributed by atoms with Crippen LogP contribution in [0.25, 0.3) is 11.1 Å². The van der Waals surface area contributed by atoms with E-state index in [0.29, 0.717) is 6.04 Å². The molecule has 0 bridgehead atoms. The summed E-state index contributed by atoms with van der Waals surface area (Å²) in [6.45, 7) is 2.14. The first-order valence-electron chi connectivity index (χ1n) is 6.05. The minimum absolute atomic E-state index is 0.652. The van der Waals surface area contributed by atoms with Crippen LogP contribution in [0.3, 0.4) is 0 Å². The van der Waals surface area contributed by atoms with Gasteiger partial charge in [0, 0.05) is 30.4 Å². The van der Waals surface area contributed by atoms with Crippen LogP contribution in [0.4, 0.5) is 5.69 Å². The molecule has 0 saturated carbocycles. The number of anilines is 1. The van der Waals surface area contributed by atoms with Crippen molar-refractivity contribution in [2.45, 2.75) is 6.04 Å². The fourth-order valence-corrected chi connectivity index (χ4v) is 1.97. The molecule has 1 fully saturated rings. The molecule has 2 aromatic carbocycles. The number of nitrogens with one attached hydrogen (secondary N) is 2. The Hall–Kier alpha value is -1.80. The Balaban J connectivity index is 1.87. The molecule has 1 aliphatic rings. The Kier molecular flexibility index (Phi) is 2.80. The summed E-state index contributed by atoms with van der Waals surface area (Å²) in [6, 6.07) is 19.6. The van der Waals surface area contributed by atoms with Gasteiger partial charge in [-0.2, -0.15) is 0 Å². The molecule has 2 N–H and O–H groups in total. The first-order valence-corrected chi connectivity index (χ1v) is 6.05. The normalized spacial score (nSPS) is 17.8. The second-order valence-corrected chi connectivity index (χ2v) is 4.40. The van der Waals surface area contributed by atoms with Crippen molar-refractivity contribution < 1.29 is 0 Å². The average Bonchev–Trinajstić information content (AvgIpc) is 3.22. The molecule has 0 radical (unpaired) electrons. The number of hydrogen-bond donors (Lipinski definition) is 2. The summed E-state index contributed by atoms with van der Waals surface area (Å²) in [6.07, 6.45) is 0. The van der Waals surface area contributed by atoms with Crippen LogP contribution in [0.1, 0.15) is 0 Å². The van der Waals surface area contributed by atoms with E-state index in [2.05, 4.69) is 59.2 Å². The highest BCUT2D eigenvalue weighted by Crippen LogP contribution is 2.27. The van der Waals surface area contributed by atoms with Crippen molar-refractivity contribution in [3.8, 4) is 11.1 Å². The molecule has 2 heteroatoms. The zero-order valence-electron chi connectivity index (χ0n) is 9.69. The summed E-state index contributed by atoms with van der Waals surface area (Å²) in [4.78, 5) is 0. The summed E-state index contributed by atoms with van der Waals surface area (Å²) in [5.41, 5.74) is 3.75. The topological polar surface area (TPSA) is 34.0 Å². The van der Waals surface area contributed by atoms with Gasteiger partial charge in [0.15, 0.2) is 0 Å². The fourth-order valence-electron chi connectivity index (χ4n) is 1.97. The van der Waals surface area contributed by atoms with Crippen molar-refractivity contribution in [3.63, 3.8) is 0 Å². The van der Waals surface area contributed by atoms with Crippen LogP contribution in [-0.4, -0.2) is 19.1 Å². The summed E-state index contributed by atoms with van der Waals surface area (Å²) in [7, 11) is 0. The fraction of sp³-hybridized carbons (Fsp3) is 0.200. The van der Waals surface area contributed by atoms with Crippen LogP contribution in [0.15, 0.2) is 54.6 Å².